The standard InChI is InChI=1S/C22H28BrCl2NO3/c1-4-27-21-10-17(13-26-8-5-9-28-15(2)3)19(23)12-22(21)29-14-16-6-7-18(24)11-20(16)25/h6-7,10-12,15,26H,4-5,8-9,13-14H2,1-3H3. The van der Waals surface area contributed by atoms with Crippen molar-refractivity contribution in [3.63, 3.8) is 0 Å². The molecule has 2 aromatic rings. The summed E-state index contributed by atoms with van der Waals surface area (Å²) in [6.07, 6.45) is 1.24. The first-order chi connectivity index (χ1) is 13.9. The van der Waals surface area contributed by atoms with Gasteiger partial charge in [0.2, 0.25) is 0 Å². The molecule has 7 heteroatoms. The first kappa shape index (κ1) is 24.3. The van der Waals surface area contributed by atoms with E-state index in [0.717, 1.165) is 41.7 Å². The quantitative estimate of drug-likeness (QED) is 0.329. The lowest BCUT2D eigenvalue weighted by Crippen LogP contribution is -2.17. The maximum atomic E-state index is 6.24. The molecule has 2 aromatic carbocycles. The zero-order chi connectivity index (χ0) is 21.2. The average molecular weight is 505 g/mol. The van der Waals surface area contributed by atoms with Crippen LogP contribution in [0.5, 0.6) is 11.5 Å². The largest absolute Gasteiger partial charge is 0.490 e. The van der Waals surface area contributed by atoms with E-state index >= 15 is 0 Å². The van der Waals surface area contributed by atoms with Gasteiger partial charge in [0, 0.05) is 33.2 Å². The van der Waals surface area contributed by atoms with Crippen LogP contribution in [-0.2, 0) is 17.9 Å². The number of halogens is 3. The molecule has 2 rings (SSSR count). The molecular formula is C22H28BrCl2NO3. The van der Waals surface area contributed by atoms with Gasteiger partial charge in [-0.3, -0.25) is 0 Å². The maximum Gasteiger partial charge on any atom is 0.162 e. The van der Waals surface area contributed by atoms with Crippen LogP contribution in [0.15, 0.2) is 34.8 Å². The van der Waals surface area contributed by atoms with Crippen molar-refractivity contribution >= 4 is 39.1 Å². The smallest absolute Gasteiger partial charge is 0.162 e. The van der Waals surface area contributed by atoms with E-state index in [2.05, 4.69) is 21.2 Å². The predicted molar refractivity (Wildman–Crippen MR) is 124 cm³/mol. The molecule has 0 aliphatic heterocycles. The first-order valence-corrected chi connectivity index (χ1v) is 11.3. The molecular weight excluding hydrogens is 477 g/mol. The van der Waals surface area contributed by atoms with Crippen LogP contribution in [-0.4, -0.2) is 25.9 Å². The molecule has 0 unspecified atom stereocenters. The molecule has 0 radical (unpaired) electrons. The van der Waals surface area contributed by atoms with Crippen LogP contribution in [0.3, 0.4) is 0 Å². The second kappa shape index (κ2) is 12.7. The van der Waals surface area contributed by atoms with Gasteiger partial charge in [-0.25, -0.2) is 0 Å². The van der Waals surface area contributed by atoms with Gasteiger partial charge < -0.3 is 19.5 Å². The first-order valence-electron chi connectivity index (χ1n) is 9.75. The van der Waals surface area contributed by atoms with Gasteiger partial charge in [0.05, 0.1) is 12.7 Å². The highest BCUT2D eigenvalue weighted by Gasteiger charge is 2.12. The van der Waals surface area contributed by atoms with Crippen molar-refractivity contribution in [3.05, 3.63) is 56.0 Å². The Labute approximate surface area is 192 Å². The van der Waals surface area contributed by atoms with Crippen LogP contribution in [0.25, 0.3) is 0 Å². The summed E-state index contributed by atoms with van der Waals surface area (Å²) in [7, 11) is 0. The van der Waals surface area contributed by atoms with E-state index in [1.165, 1.54) is 0 Å². The topological polar surface area (TPSA) is 39.7 Å². The summed E-state index contributed by atoms with van der Waals surface area (Å²) in [6, 6.07) is 9.31. The maximum absolute atomic E-state index is 6.24. The van der Waals surface area contributed by atoms with Crippen LogP contribution in [0, 0.1) is 0 Å². The van der Waals surface area contributed by atoms with E-state index in [4.69, 9.17) is 37.4 Å². The zero-order valence-corrected chi connectivity index (χ0v) is 20.2. The lowest BCUT2D eigenvalue weighted by molar-refractivity contribution is 0.0770. The third-order valence-corrected chi connectivity index (χ3v) is 5.40. The summed E-state index contributed by atoms with van der Waals surface area (Å²) in [5.41, 5.74) is 1.97. The van der Waals surface area contributed by atoms with Crippen molar-refractivity contribution in [2.24, 2.45) is 0 Å². The third-order valence-electron chi connectivity index (χ3n) is 4.08. The van der Waals surface area contributed by atoms with E-state index in [-0.39, 0.29) is 6.10 Å². The summed E-state index contributed by atoms with van der Waals surface area (Å²) in [6.45, 7) is 9.30. The number of hydrogen-bond acceptors (Lipinski definition) is 4. The number of rotatable bonds is 12. The molecule has 29 heavy (non-hydrogen) atoms. The van der Waals surface area contributed by atoms with Crippen molar-refractivity contribution in [1.82, 2.24) is 5.32 Å². The molecule has 0 fully saturated rings. The molecule has 0 saturated heterocycles. The Bertz CT molecular complexity index is 787. The SMILES string of the molecule is CCOc1cc(CNCCCOC(C)C)c(Br)cc1OCc1ccc(Cl)cc1Cl. The Hall–Kier alpha value is -0.980. The summed E-state index contributed by atoms with van der Waals surface area (Å²) in [5.74, 6) is 1.37. The Morgan fingerprint density at radius 3 is 2.48 bits per heavy atom. The highest BCUT2D eigenvalue weighted by atomic mass is 79.9. The van der Waals surface area contributed by atoms with E-state index in [1.807, 2.05) is 39.0 Å². The number of nitrogens with one attached hydrogen (secondary N) is 1. The molecule has 0 amide bonds. The fraction of sp³-hybridized carbons (Fsp3) is 0.455. The Balaban J connectivity index is 1.99. The van der Waals surface area contributed by atoms with Crippen molar-refractivity contribution < 1.29 is 14.2 Å². The van der Waals surface area contributed by atoms with Crippen molar-refractivity contribution in [1.29, 1.82) is 0 Å². The molecule has 0 aromatic heterocycles. The summed E-state index contributed by atoms with van der Waals surface area (Å²) in [5, 5.41) is 4.62. The lowest BCUT2D eigenvalue weighted by Gasteiger charge is -2.16. The van der Waals surface area contributed by atoms with Crippen LogP contribution >= 0.6 is 39.1 Å². The third kappa shape index (κ3) is 8.35. The van der Waals surface area contributed by atoms with E-state index in [9.17, 15) is 0 Å². The number of benzene rings is 2. The minimum absolute atomic E-state index is 0.271. The minimum atomic E-state index is 0.271. The molecule has 1 N–H and O–H groups in total. The van der Waals surface area contributed by atoms with E-state index < -0.39 is 0 Å². The molecule has 0 aliphatic carbocycles. The highest BCUT2D eigenvalue weighted by molar-refractivity contribution is 9.10. The monoisotopic (exact) mass is 503 g/mol. The number of ether oxygens (including phenoxy) is 3. The molecule has 0 saturated carbocycles. The van der Waals surface area contributed by atoms with Crippen molar-refractivity contribution in [2.45, 2.75) is 46.4 Å². The van der Waals surface area contributed by atoms with Crippen molar-refractivity contribution in [2.75, 3.05) is 19.8 Å². The van der Waals surface area contributed by atoms with Crippen molar-refractivity contribution in [3.8, 4) is 11.5 Å². The Morgan fingerprint density at radius 2 is 1.79 bits per heavy atom. The van der Waals surface area contributed by atoms with Gasteiger partial charge in [0.1, 0.15) is 6.61 Å². The van der Waals surface area contributed by atoms with Gasteiger partial charge in [-0.05, 0) is 63.6 Å². The molecule has 0 heterocycles. The van der Waals surface area contributed by atoms with Gasteiger partial charge >= 0.3 is 0 Å². The van der Waals surface area contributed by atoms with Crippen LogP contribution in [0.4, 0.5) is 0 Å². The van der Waals surface area contributed by atoms with E-state index in [1.54, 1.807) is 12.1 Å². The predicted octanol–water partition coefficient (Wildman–Crippen LogP) is 6.64. The van der Waals surface area contributed by atoms with Gasteiger partial charge in [0.15, 0.2) is 11.5 Å². The average Bonchev–Trinajstić information content (AvgIpc) is 2.66. The summed E-state index contributed by atoms with van der Waals surface area (Å²) < 4.78 is 18.3. The Kier molecular flexibility index (Phi) is 10.6. The summed E-state index contributed by atoms with van der Waals surface area (Å²) >= 11 is 15.8. The van der Waals surface area contributed by atoms with Gasteiger partial charge in [0.25, 0.3) is 0 Å². The van der Waals surface area contributed by atoms with E-state index in [0.29, 0.717) is 34.8 Å². The lowest BCUT2D eigenvalue weighted by atomic mass is 10.2. The molecule has 160 valence electrons. The fourth-order valence-corrected chi connectivity index (χ4v) is 3.55. The fourth-order valence-electron chi connectivity index (χ4n) is 2.63. The molecule has 0 spiro atoms. The molecule has 0 atom stereocenters. The van der Waals surface area contributed by atoms with Gasteiger partial charge in [-0.15, -0.1) is 0 Å². The van der Waals surface area contributed by atoms with Crippen LogP contribution in [0.2, 0.25) is 10.0 Å². The second-order valence-electron chi connectivity index (χ2n) is 6.80. The second-order valence-corrected chi connectivity index (χ2v) is 8.50. The van der Waals surface area contributed by atoms with Gasteiger partial charge in [-0.2, -0.15) is 0 Å². The normalized spacial score (nSPS) is 11.1. The zero-order valence-electron chi connectivity index (χ0n) is 17.1. The minimum Gasteiger partial charge on any atom is -0.490 e. The van der Waals surface area contributed by atoms with Crippen LogP contribution < -0.4 is 14.8 Å². The number of hydrogen-bond donors (Lipinski definition) is 1. The molecule has 0 bridgehead atoms. The van der Waals surface area contributed by atoms with Crippen LogP contribution in [0.1, 0.15) is 38.3 Å². The Morgan fingerprint density at radius 1 is 1.03 bits per heavy atom. The molecule has 0 aliphatic rings. The highest BCUT2D eigenvalue weighted by Crippen LogP contribution is 2.35. The van der Waals surface area contributed by atoms with Gasteiger partial charge in [-0.1, -0.05) is 45.2 Å². The summed E-state index contributed by atoms with van der Waals surface area (Å²) in [4.78, 5) is 0. The molecule has 4 nitrogen and oxygen atoms in total.